The molecule has 0 aromatic carbocycles. The summed E-state index contributed by atoms with van der Waals surface area (Å²) in [6.45, 7) is 8.76. The Kier molecular flexibility index (Phi) is 4.08. The minimum atomic E-state index is 0.0394. The van der Waals surface area contributed by atoms with Crippen molar-refractivity contribution in [3.8, 4) is 0 Å². The third kappa shape index (κ3) is 2.85. The SMILES string of the molecule is CC(C)C(C)C(C)OC=O. The van der Waals surface area contributed by atoms with Gasteiger partial charge in [-0.15, -0.1) is 0 Å². The first kappa shape index (κ1) is 9.47. The lowest BCUT2D eigenvalue weighted by Crippen LogP contribution is -2.21. The monoisotopic (exact) mass is 144 g/mol. The van der Waals surface area contributed by atoms with Crippen LogP contribution in [0.3, 0.4) is 0 Å². The normalized spacial score (nSPS) is 16.5. The summed E-state index contributed by atoms with van der Waals surface area (Å²) in [4.78, 5) is 9.92. The topological polar surface area (TPSA) is 26.3 Å². The van der Waals surface area contributed by atoms with Crippen molar-refractivity contribution in [3.63, 3.8) is 0 Å². The van der Waals surface area contributed by atoms with Crippen molar-refractivity contribution in [1.82, 2.24) is 0 Å². The summed E-state index contributed by atoms with van der Waals surface area (Å²) in [6.07, 6.45) is 0.0394. The van der Waals surface area contributed by atoms with Crippen LogP contribution in [0.5, 0.6) is 0 Å². The van der Waals surface area contributed by atoms with E-state index in [-0.39, 0.29) is 6.10 Å². The molecular weight excluding hydrogens is 128 g/mol. The maximum atomic E-state index is 9.92. The summed E-state index contributed by atoms with van der Waals surface area (Å²) in [6, 6.07) is 0. The maximum Gasteiger partial charge on any atom is 0.293 e. The summed E-state index contributed by atoms with van der Waals surface area (Å²) < 4.78 is 4.78. The third-order valence-corrected chi connectivity index (χ3v) is 2.06. The van der Waals surface area contributed by atoms with Gasteiger partial charge in [0.1, 0.15) is 6.10 Å². The van der Waals surface area contributed by atoms with Crippen LogP contribution < -0.4 is 0 Å². The van der Waals surface area contributed by atoms with Crippen LogP contribution >= 0.6 is 0 Å². The molecule has 2 atom stereocenters. The summed E-state index contributed by atoms with van der Waals surface area (Å²) >= 11 is 0. The van der Waals surface area contributed by atoms with E-state index in [0.717, 1.165) is 0 Å². The van der Waals surface area contributed by atoms with Crippen molar-refractivity contribution in [1.29, 1.82) is 0 Å². The van der Waals surface area contributed by atoms with Crippen LogP contribution in [0.2, 0.25) is 0 Å². The van der Waals surface area contributed by atoms with E-state index in [4.69, 9.17) is 4.74 Å². The highest BCUT2D eigenvalue weighted by Gasteiger charge is 2.15. The Hall–Kier alpha value is -0.530. The first-order valence-electron chi connectivity index (χ1n) is 3.68. The van der Waals surface area contributed by atoms with Gasteiger partial charge in [0.15, 0.2) is 0 Å². The molecule has 0 radical (unpaired) electrons. The standard InChI is InChI=1S/C8H16O2/c1-6(2)7(3)8(4)10-5-9/h5-8H,1-4H3. The molecule has 0 spiro atoms. The van der Waals surface area contributed by atoms with Crippen molar-refractivity contribution in [3.05, 3.63) is 0 Å². The second-order valence-corrected chi connectivity index (χ2v) is 3.04. The summed E-state index contributed by atoms with van der Waals surface area (Å²) in [7, 11) is 0. The predicted molar refractivity (Wildman–Crippen MR) is 40.6 cm³/mol. The summed E-state index contributed by atoms with van der Waals surface area (Å²) in [5.41, 5.74) is 0. The highest BCUT2D eigenvalue weighted by molar-refractivity contribution is 5.37. The third-order valence-electron chi connectivity index (χ3n) is 2.06. The van der Waals surface area contributed by atoms with Crippen molar-refractivity contribution < 1.29 is 9.53 Å². The molecule has 0 aromatic heterocycles. The van der Waals surface area contributed by atoms with Crippen LogP contribution in [0.25, 0.3) is 0 Å². The van der Waals surface area contributed by atoms with E-state index >= 15 is 0 Å². The Morgan fingerprint density at radius 1 is 1.20 bits per heavy atom. The van der Waals surface area contributed by atoms with E-state index in [9.17, 15) is 4.79 Å². The molecule has 0 aliphatic carbocycles. The molecule has 0 bridgehead atoms. The molecule has 0 N–H and O–H groups in total. The Balaban J connectivity index is 3.68. The largest absolute Gasteiger partial charge is 0.465 e. The van der Waals surface area contributed by atoms with E-state index in [1.807, 2.05) is 6.92 Å². The average molecular weight is 144 g/mol. The number of carbonyl (C=O) groups excluding carboxylic acids is 1. The predicted octanol–water partition coefficient (Wildman–Crippen LogP) is 1.84. The minimum absolute atomic E-state index is 0.0394. The molecule has 0 heterocycles. The van der Waals surface area contributed by atoms with Crippen LogP contribution in [-0.4, -0.2) is 12.6 Å². The van der Waals surface area contributed by atoms with Gasteiger partial charge in [0, 0.05) is 0 Å². The lowest BCUT2D eigenvalue weighted by Gasteiger charge is -2.21. The number of ether oxygens (including phenoxy) is 1. The van der Waals surface area contributed by atoms with E-state index in [0.29, 0.717) is 18.3 Å². The second-order valence-electron chi connectivity index (χ2n) is 3.04. The first-order valence-corrected chi connectivity index (χ1v) is 3.68. The van der Waals surface area contributed by atoms with Crippen LogP contribution in [0, 0.1) is 11.8 Å². The molecule has 0 fully saturated rings. The van der Waals surface area contributed by atoms with Gasteiger partial charge in [0.25, 0.3) is 6.47 Å². The molecule has 10 heavy (non-hydrogen) atoms. The fourth-order valence-electron chi connectivity index (χ4n) is 0.754. The number of hydrogen-bond donors (Lipinski definition) is 0. The van der Waals surface area contributed by atoms with Crippen LogP contribution in [-0.2, 0) is 9.53 Å². The minimum Gasteiger partial charge on any atom is -0.465 e. The van der Waals surface area contributed by atoms with Gasteiger partial charge in [0.05, 0.1) is 0 Å². The van der Waals surface area contributed by atoms with Gasteiger partial charge in [-0.3, -0.25) is 4.79 Å². The van der Waals surface area contributed by atoms with Gasteiger partial charge in [-0.2, -0.15) is 0 Å². The van der Waals surface area contributed by atoms with Crippen LogP contribution in [0.1, 0.15) is 27.7 Å². The van der Waals surface area contributed by atoms with Gasteiger partial charge in [-0.05, 0) is 18.8 Å². The Morgan fingerprint density at radius 3 is 2.00 bits per heavy atom. The van der Waals surface area contributed by atoms with Gasteiger partial charge < -0.3 is 4.74 Å². The second kappa shape index (κ2) is 4.31. The van der Waals surface area contributed by atoms with E-state index in [1.54, 1.807) is 0 Å². The number of rotatable bonds is 4. The molecule has 0 saturated carbocycles. The highest BCUT2D eigenvalue weighted by Crippen LogP contribution is 2.15. The Morgan fingerprint density at radius 2 is 1.70 bits per heavy atom. The molecule has 0 amide bonds. The first-order chi connectivity index (χ1) is 4.59. The zero-order valence-electron chi connectivity index (χ0n) is 7.13. The molecule has 0 rings (SSSR count). The lowest BCUT2D eigenvalue weighted by atomic mass is 9.93. The Labute approximate surface area is 62.6 Å². The summed E-state index contributed by atoms with van der Waals surface area (Å²) in [5.74, 6) is 1.00. The molecule has 0 aromatic rings. The molecule has 0 aliphatic rings. The zero-order valence-corrected chi connectivity index (χ0v) is 7.13. The van der Waals surface area contributed by atoms with Crippen molar-refractivity contribution >= 4 is 6.47 Å². The van der Waals surface area contributed by atoms with E-state index in [1.165, 1.54) is 0 Å². The van der Waals surface area contributed by atoms with Crippen molar-refractivity contribution in [2.24, 2.45) is 11.8 Å². The molecule has 2 heteroatoms. The highest BCUT2D eigenvalue weighted by atomic mass is 16.5. The van der Waals surface area contributed by atoms with E-state index in [2.05, 4.69) is 20.8 Å². The maximum absolute atomic E-state index is 9.92. The van der Waals surface area contributed by atoms with Crippen molar-refractivity contribution in [2.75, 3.05) is 0 Å². The fraction of sp³-hybridized carbons (Fsp3) is 0.875. The molecule has 0 aliphatic heterocycles. The van der Waals surface area contributed by atoms with Gasteiger partial charge >= 0.3 is 0 Å². The van der Waals surface area contributed by atoms with Gasteiger partial charge in [0.2, 0.25) is 0 Å². The van der Waals surface area contributed by atoms with Crippen molar-refractivity contribution in [2.45, 2.75) is 33.8 Å². The molecule has 2 nitrogen and oxygen atoms in total. The van der Waals surface area contributed by atoms with Gasteiger partial charge in [-0.1, -0.05) is 20.8 Å². The van der Waals surface area contributed by atoms with E-state index < -0.39 is 0 Å². The van der Waals surface area contributed by atoms with Crippen LogP contribution in [0.4, 0.5) is 0 Å². The molecular formula is C8H16O2. The Bertz CT molecular complexity index is 99.4. The molecule has 0 saturated heterocycles. The smallest absolute Gasteiger partial charge is 0.293 e. The lowest BCUT2D eigenvalue weighted by molar-refractivity contribution is -0.135. The zero-order chi connectivity index (χ0) is 8.15. The number of carbonyl (C=O) groups is 1. The molecule has 2 unspecified atom stereocenters. The quantitative estimate of drug-likeness (QED) is 0.563. The molecule has 60 valence electrons. The summed E-state index contributed by atoms with van der Waals surface area (Å²) in [5, 5.41) is 0. The number of hydrogen-bond acceptors (Lipinski definition) is 2. The van der Waals surface area contributed by atoms with Gasteiger partial charge in [-0.25, -0.2) is 0 Å². The van der Waals surface area contributed by atoms with Crippen LogP contribution in [0.15, 0.2) is 0 Å². The fourth-order valence-corrected chi connectivity index (χ4v) is 0.754. The average Bonchev–Trinajstić information content (AvgIpc) is 1.87.